The van der Waals surface area contributed by atoms with Crippen molar-refractivity contribution in [2.75, 3.05) is 6.61 Å². The minimum absolute atomic E-state index is 0.0975. The van der Waals surface area contributed by atoms with Crippen LogP contribution in [0.15, 0.2) is 30.3 Å². The molecule has 5 nitrogen and oxygen atoms in total. The summed E-state index contributed by atoms with van der Waals surface area (Å²) < 4.78 is 20.8. The van der Waals surface area contributed by atoms with Crippen molar-refractivity contribution in [3.05, 3.63) is 58.7 Å². The van der Waals surface area contributed by atoms with Gasteiger partial charge in [-0.15, -0.1) is 0 Å². The summed E-state index contributed by atoms with van der Waals surface area (Å²) in [7, 11) is 1.88. The molecule has 6 heteroatoms. The highest BCUT2D eigenvalue weighted by molar-refractivity contribution is 5.92. The number of carbonyl (C=O) groups excluding carboxylic acids is 1. The highest BCUT2D eigenvalue weighted by atomic mass is 19.1. The summed E-state index contributed by atoms with van der Waals surface area (Å²) in [6.07, 6.45) is 5.03. The second-order valence-electron chi connectivity index (χ2n) is 6.63. The first-order chi connectivity index (χ1) is 12.5. The fraction of sp³-hybridized carbons (Fsp3) is 0.400. The van der Waals surface area contributed by atoms with Gasteiger partial charge in [0.15, 0.2) is 0 Å². The number of rotatable bonds is 5. The van der Waals surface area contributed by atoms with E-state index in [0.717, 1.165) is 35.4 Å². The minimum atomic E-state index is -0.300. The molecule has 1 aromatic heterocycles. The minimum Gasteiger partial charge on any atom is -0.376 e. The lowest BCUT2D eigenvalue weighted by atomic mass is 9.99. The first kappa shape index (κ1) is 18.3. The summed E-state index contributed by atoms with van der Waals surface area (Å²) in [5, 5.41) is 7.36. The van der Waals surface area contributed by atoms with Crippen molar-refractivity contribution in [3.63, 3.8) is 0 Å². The van der Waals surface area contributed by atoms with E-state index >= 15 is 0 Å². The van der Waals surface area contributed by atoms with Gasteiger partial charge in [0.2, 0.25) is 5.91 Å². The molecule has 0 radical (unpaired) electrons. The van der Waals surface area contributed by atoms with Crippen molar-refractivity contribution >= 4 is 12.0 Å². The highest BCUT2D eigenvalue weighted by Gasteiger charge is 2.28. The van der Waals surface area contributed by atoms with E-state index in [1.54, 1.807) is 22.9 Å². The second kappa shape index (κ2) is 7.83. The van der Waals surface area contributed by atoms with E-state index in [1.165, 1.54) is 18.2 Å². The van der Waals surface area contributed by atoms with E-state index in [4.69, 9.17) is 4.74 Å². The average Bonchev–Trinajstić information content (AvgIpc) is 3.22. The molecule has 1 aliphatic heterocycles. The Hall–Kier alpha value is -2.47. The van der Waals surface area contributed by atoms with Gasteiger partial charge in [0.25, 0.3) is 0 Å². The molecule has 1 saturated heterocycles. The average molecular weight is 357 g/mol. The molecule has 138 valence electrons. The number of benzene rings is 1. The molecule has 0 aliphatic carbocycles. The maximum absolute atomic E-state index is 13.2. The lowest BCUT2D eigenvalue weighted by molar-refractivity contribution is -0.118. The Bertz CT molecular complexity index is 805. The van der Waals surface area contributed by atoms with Gasteiger partial charge in [0.1, 0.15) is 5.82 Å². The summed E-state index contributed by atoms with van der Waals surface area (Å²) in [4.78, 5) is 12.5. The number of amides is 1. The van der Waals surface area contributed by atoms with E-state index < -0.39 is 0 Å². The fourth-order valence-corrected chi connectivity index (χ4v) is 3.32. The van der Waals surface area contributed by atoms with Crippen molar-refractivity contribution in [2.45, 2.75) is 38.8 Å². The highest BCUT2D eigenvalue weighted by Crippen LogP contribution is 2.27. The third-order valence-electron chi connectivity index (χ3n) is 4.83. The van der Waals surface area contributed by atoms with Crippen molar-refractivity contribution < 1.29 is 13.9 Å². The number of halogens is 1. The molecule has 1 N–H and O–H groups in total. The van der Waals surface area contributed by atoms with Gasteiger partial charge in [-0.1, -0.05) is 12.1 Å². The van der Waals surface area contributed by atoms with Gasteiger partial charge in [0.05, 0.1) is 17.8 Å². The number of hydrogen-bond acceptors (Lipinski definition) is 3. The Balaban J connectivity index is 1.76. The van der Waals surface area contributed by atoms with Crippen LogP contribution in [-0.2, 0) is 16.6 Å². The molecular formula is C20H24FN3O2. The Morgan fingerprint density at radius 2 is 2.12 bits per heavy atom. The smallest absolute Gasteiger partial charge is 0.244 e. The van der Waals surface area contributed by atoms with Gasteiger partial charge in [-0.3, -0.25) is 9.48 Å². The lowest BCUT2D eigenvalue weighted by Gasteiger charge is -2.24. The number of carbonyl (C=O) groups is 1. The first-order valence-corrected chi connectivity index (χ1v) is 8.81. The van der Waals surface area contributed by atoms with Crippen LogP contribution in [0.1, 0.15) is 41.4 Å². The summed E-state index contributed by atoms with van der Waals surface area (Å²) in [5.41, 5.74) is 3.66. The van der Waals surface area contributed by atoms with Gasteiger partial charge in [-0.25, -0.2) is 4.39 Å². The molecule has 2 aromatic rings. The second-order valence-corrected chi connectivity index (χ2v) is 6.63. The van der Waals surface area contributed by atoms with Crippen molar-refractivity contribution in [1.29, 1.82) is 0 Å². The van der Waals surface area contributed by atoms with Crippen LogP contribution in [0, 0.1) is 19.7 Å². The van der Waals surface area contributed by atoms with Crippen LogP contribution in [0.5, 0.6) is 0 Å². The van der Waals surface area contributed by atoms with Gasteiger partial charge in [-0.05, 0) is 50.5 Å². The van der Waals surface area contributed by atoms with Crippen LogP contribution in [0.25, 0.3) is 6.08 Å². The van der Waals surface area contributed by atoms with Crippen molar-refractivity contribution in [1.82, 2.24) is 15.1 Å². The van der Waals surface area contributed by atoms with Crippen LogP contribution >= 0.6 is 0 Å². The normalized spacial score (nSPS) is 18.4. The third-order valence-corrected chi connectivity index (χ3v) is 4.83. The van der Waals surface area contributed by atoms with E-state index in [0.29, 0.717) is 6.61 Å². The van der Waals surface area contributed by atoms with E-state index in [1.807, 2.05) is 20.9 Å². The standard InChI is InChI=1S/C20H24FN3O2/c1-13-17(14(2)24(3)23-13)10-11-19(25)22-20(18-5-4-12-26-18)15-6-8-16(21)9-7-15/h6-11,18,20H,4-5,12H2,1-3H3,(H,22,25)/b11-10+. The summed E-state index contributed by atoms with van der Waals surface area (Å²) in [6.45, 7) is 4.56. The summed E-state index contributed by atoms with van der Waals surface area (Å²) >= 11 is 0. The largest absolute Gasteiger partial charge is 0.376 e. The zero-order valence-electron chi connectivity index (χ0n) is 15.3. The Morgan fingerprint density at radius 3 is 2.69 bits per heavy atom. The van der Waals surface area contributed by atoms with Crippen molar-refractivity contribution in [2.24, 2.45) is 7.05 Å². The fourth-order valence-electron chi connectivity index (χ4n) is 3.32. The molecule has 1 aliphatic rings. The number of nitrogens with zero attached hydrogens (tertiary/aromatic N) is 2. The third kappa shape index (κ3) is 4.02. The van der Waals surface area contributed by atoms with Gasteiger partial charge in [-0.2, -0.15) is 5.10 Å². The van der Waals surface area contributed by atoms with E-state index in [9.17, 15) is 9.18 Å². The van der Waals surface area contributed by atoms with Crippen LogP contribution < -0.4 is 5.32 Å². The predicted octanol–water partition coefficient (Wildman–Crippen LogP) is 3.23. The Morgan fingerprint density at radius 1 is 1.38 bits per heavy atom. The monoisotopic (exact) mass is 357 g/mol. The molecule has 2 heterocycles. The van der Waals surface area contributed by atoms with Crippen LogP contribution in [-0.4, -0.2) is 28.4 Å². The topological polar surface area (TPSA) is 56.2 Å². The van der Waals surface area contributed by atoms with Gasteiger partial charge >= 0.3 is 0 Å². The summed E-state index contributed by atoms with van der Waals surface area (Å²) in [5.74, 6) is -0.508. The number of aryl methyl sites for hydroxylation is 2. The SMILES string of the molecule is Cc1nn(C)c(C)c1/C=C/C(=O)NC(c1ccc(F)cc1)C1CCCO1. The molecule has 0 bridgehead atoms. The van der Waals surface area contributed by atoms with E-state index in [-0.39, 0.29) is 23.9 Å². The molecule has 2 atom stereocenters. The van der Waals surface area contributed by atoms with Crippen LogP contribution in [0.4, 0.5) is 4.39 Å². The van der Waals surface area contributed by atoms with Crippen LogP contribution in [0.3, 0.4) is 0 Å². The molecule has 2 unspecified atom stereocenters. The molecule has 1 fully saturated rings. The lowest BCUT2D eigenvalue weighted by Crippen LogP contribution is -2.35. The van der Waals surface area contributed by atoms with Gasteiger partial charge < -0.3 is 10.1 Å². The van der Waals surface area contributed by atoms with Crippen molar-refractivity contribution in [3.8, 4) is 0 Å². The molecule has 0 spiro atoms. The molecular weight excluding hydrogens is 333 g/mol. The van der Waals surface area contributed by atoms with Gasteiger partial charge in [0, 0.05) is 31.0 Å². The summed E-state index contributed by atoms with van der Waals surface area (Å²) in [6, 6.07) is 5.90. The predicted molar refractivity (Wildman–Crippen MR) is 98.0 cm³/mol. The molecule has 26 heavy (non-hydrogen) atoms. The number of aromatic nitrogens is 2. The zero-order chi connectivity index (χ0) is 18.7. The van der Waals surface area contributed by atoms with E-state index in [2.05, 4.69) is 10.4 Å². The number of hydrogen-bond donors (Lipinski definition) is 1. The quantitative estimate of drug-likeness (QED) is 0.836. The molecule has 0 saturated carbocycles. The first-order valence-electron chi connectivity index (χ1n) is 8.81. The number of ether oxygens (including phenoxy) is 1. The maximum Gasteiger partial charge on any atom is 0.244 e. The number of nitrogens with one attached hydrogen (secondary N) is 1. The molecule has 1 aromatic carbocycles. The maximum atomic E-state index is 13.2. The Labute approximate surface area is 152 Å². The van der Waals surface area contributed by atoms with Crippen LogP contribution in [0.2, 0.25) is 0 Å². The Kier molecular flexibility index (Phi) is 5.52. The zero-order valence-corrected chi connectivity index (χ0v) is 15.3. The molecule has 3 rings (SSSR count). The molecule has 1 amide bonds.